The quantitative estimate of drug-likeness (QED) is 0.542. The lowest BCUT2D eigenvalue weighted by molar-refractivity contribution is -0.387. The molecular formula is C18H15N3O4. The average molecular weight is 337 g/mol. The predicted octanol–water partition coefficient (Wildman–Crippen LogP) is 2.32. The number of aromatic nitrogens is 2. The van der Waals surface area contributed by atoms with Gasteiger partial charge in [-0.15, -0.1) is 0 Å². The molecule has 126 valence electrons. The number of nitro groups is 1. The summed E-state index contributed by atoms with van der Waals surface area (Å²) in [6.07, 6.45) is 3.10. The maximum atomic E-state index is 12.1. The van der Waals surface area contributed by atoms with Gasteiger partial charge in [-0.2, -0.15) is 0 Å². The van der Waals surface area contributed by atoms with Crippen LogP contribution in [-0.4, -0.2) is 14.1 Å². The van der Waals surface area contributed by atoms with Crippen LogP contribution in [-0.2, 0) is 14.1 Å². The molecule has 1 aromatic heterocycles. The van der Waals surface area contributed by atoms with Crippen LogP contribution in [0, 0.1) is 10.1 Å². The topological polar surface area (TPSA) is 87.1 Å². The molecule has 0 fully saturated rings. The van der Waals surface area contributed by atoms with Crippen molar-refractivity contribution < 1.29 is 4.92 Å². The van der Waals surface area contributed by atoms with Gasteiger partial charge in [-0.1, -0.05) is 48.5 Å². The predicted molar refractivity (Wildman–Crippen MR) is 96.5 cm³/mol. The van der Waals surface area contributed by atoms with Crippen LogP contribution in [0.25, 0.3) is 22.9 Å². The molecule has 7 heteroatoms. The standard InChI is InChI=1S/C18H15N3O4/c1-19-15(16(21(24)25)17(22)20(2)18(19)23)11-10-13-8-5-7-12-6-3-4-9-14(12)13/h3-11H,1-2H3/b11-10+. The van der Waals surface area contributed by atoms with Gasteiger partial charge in [-0.3, -0.25) is 24.0 Å². The van der Waals surface area contributed by atoms with E-state index in [-0.39, 0.29) is 5.69 Å². The Kier molecular flexibility index (Phi) is 4.06. The highest BCUT2D eigenvalue weighted by Gasteiger charge is 2.23. The smallest absolute Gasteiger partial charge is 0.291 e. The number of nitrogens with zero attached hydrogens (tertiary/aromatic N) is 3. The fourth-order valence-electron chi connectivity index (χ4n) is 2.77. The van der Waals surface area contributed by atoms with Gasteiger partial charge >= 0.3 is 16.9 Å². The van der Waals surface area contributed by atoms with Crippen molar-refractivity contribution >= 4 is 28.6 Å². The molecule has 0 aliphatic carbocycles. The van der Waals surface area contributed by atoms with E-state index in [1.54, 1.807) is 6.08 Å². The summed E-state index contributed by atoms with van der Waals surface area (Å²) in [7, 11) is 2.62. The van der Waals surface area contributed by atoms with Crippen molar-refractivity contribution in [2.75, 3.05) is 0 Å². The van der Waals surface area contributed by atoms with Gasteiger partial charge in [-0.25, -0.2) is 4.79 Å². The number of fused-ring (bicyclic) bond motifs is 1. The summed E-state index contributed by atoms with van der Waals surface area (Å²) in [6.45, 7) is 0. The van der Waals surface area contributed by atoms with Gasteiger partial charge < -0.3 is 0 Å². The zero-order valence-corrected chi connectivity index (χ0v) is 13.7. The molecule has 3 rings (SSSR count). The summed E-state index contributed by atoms with van der Waals surface area (Å²) in [5.41, 5.74) is -1.37. The second kappa shape index (κ2) is 6.20. The lowest BCUT2D eigenvalue weighted by atomic mass is 10.0. The van der Waals surface area contributed by atoms with Crippen molar-refractivity contribution in [3.63, 3.8) is 0 Å². The normalized spacial score (nSPS) is 11.3. The van der Waals surface area contributed by atoms with Gasteiger partial charge in [0.25, 0.3) is 0 Å². The molecule has 1 heterocycles. The fraction of sp³-hybridized carbons (Fsp3) is 0.111. The van der Waals surface area contributed by atoms with E-state index >= 15 is 0 Å². The van der Waals surface area contributed by atoms with Crippen molar-refractivity contribution in [3.05, 3.63) is 84.7 Å². The van der Waals surface area contributed by atoms with Crippen molar-refractivity contribution in [1.29, 1.82) is 0 Å². The summed E-state index contributed by atoms with van der Waals surface area (Å²) in [5, 5.41) is 13.3. The van der Waals surface area contributed by atoms with Crippen molar-refractivity contribution in [2.45, 2.75) is 0 Å². The Morgan fingerprint density at radius 3 is 2.36 bits per heavy atom. The minimum atomic E-state index is -0.925. The molecule has 0 aliphatic heterocycles. The van der Waals surface area contributed by atoms with Crippen LogP contribution < -0.4 is 11.2 Å². The number of benzene rings is 2. The third-order valence-electron chi connectivity index (χ3n) is 4.11. The van der Waals surface area contributed by atoms with Crippen LogP contribution in [0.5, 0.6) is 0 Å². The van der Waals surface area contributed by atoms with Crippen molar-refractivity contribution in [2.24, 2.45) is 14.1 Å². The van der Waals surface area contributed by atoms with Gasteiger partial charge in [0, 0.05) is 14.1 Å². The second-order valence-electron chi connectivity index (χ2n) is 5.60. The molecule has 2 aromatic carbocycles. The van der Waals surface area contributed by atoms with Crippen LogP contribution in [0.2, 0.25) is 0 Å². The van der Waals surface area contributed by atoms with Gasteiger partial charge in [0.1, 0.15) is 5.69 Å². The largest absolute Gasteiger partial charge is 0.357 e. The first-order valence-electron chi connectivity index (χ1n) is 7.52. The molecule has 0 amide bonds. The van der Waals surface area contributed by atoms with E-state index in [2.05, 4.69) is 0 Å². The Labute approximate surface area is 142 Å². The van der Waals surface area contributed by atoms with E-state index in [9.17, 15) is 19.7 Å². The van der Waals surface area contributed by atoms with Crippen LogP contribution in [0.15, 0.2) is 52.1 Å². The van der Waals surface area contributed by atoms with Gasteiger partial charge in [-0.05, 0) is 22.4 Å². The summed E-state index contributed by atoms with van der Waals surface area (Å²) in [5.74, 6) is 0. The molecule has 0 saturated heterocycles. The molecule has 0 aliphatic rings. The molecule has 0 unspecified atom stereocenters. The maximum absolute atomic E-state index is 12.1. The zero-order chi connectivity index (χ0) is 18.1. The summed E-state index contributed by atoms with van der Waals surface area (Å²) in [6, 6.07) is 13.4. The minimum Gasteiger partial charge on any atom is -0.291 e. The zero-order valence-electron chi connectivity index (χ0n) is 13.7. The Morgan fingerprint density at radius 2 is 1.64 bits per heavy atom. The van der Waals surface area contributed by atoms with Gasteiger partial charge in [0.2, 0.25) is 0 Å². The second-order valence-corrected chi connectivity index (χ2v) is 5.60. The van der Waals surface area contributed by atoms with E-state index in [4.69, 9.17) is 0 Å². The number of rotatable bonds is 3. The third kappa shape index (κ3) is 2.76. The van der Waals surface area contributed by atoms with Crippen LogP contribution in [0.4, 0.5) is 5.69 Å². The lowest BCUT2D eigenvalue weighted by Crippen LogP contribution is -2.39. The van der Waals surface area contributed by atoms with Crippen molar-refractivity contribution in [3.8, 4) is 0 Å². The Balaban J connectivity index is 2.24. The van der Waals surface area contributed by atoms with E-state index in [1.807, 2.05) is 42.5 Å². The van der Waals surface area contributed by atoms with Crippen LogP contribution in [0.1, 0.15) is 11.3 Å². The van der Waals surface area contributed by atoms with Crippen molar-refractivity contribution in [1.82, 2.24) is 9.13 Å². The highest BCUT2D eigenvalue weighted by Crippen LogP contribution is 2.21. The van der Waals surface area contributed by atoms with Crippen LogP contribution in [0.3, 0.4) is 0 Å². The molecule has 0 spiro atoms. The summed E-state index contributed by atoms with van der Waals surface area (Å²) >= 11 is 0. The molecule has 0 atom stereocenters. The molecule has 7 nitrogen and oxygen atoms in total. The lowest BCUT2D eigenvalue weighted by Gasteiger charge is -2.07. The minimum absolute atomic E-state index is 0.0361. The van der Waals surface area contributed by atoms with E-state index in [1.165, 1.54) is 20.2 Å². The third-order valence-corrected chi connectivity index (χ3v) is 4.11. The van der Waals surface area contributed by atoms with E-state index < -0.39 is 21.9 Å². The monoisotopic (exact) mass is 337 g/mol. The Hall–Kier alpha value is -3.48. The fourth-order valence-corrected chi connectivity index (χ4v) is 2.77. The molecular weight excluding hydrogens is 322 g/mol. The van der Waals surface area contributed by atoms with Gasteiger partial charge in [0.15, 0.2) is 0 Å². The highest BCUT2D eigenvalue weighted by molar-refractivity contribution is 5.92. The number of hydrogen-bond acceptors (Lipinski definition) is 4. The number of hydrogen-bond donors (Lipinski definition) is 0. The van der Waals surface area contributed by atoms with Gasteiger partial charge in [0.05, 0.1) is 4.92 Å². The molecule has 25 heavy (non-hydrogen) atoms. The first-order chi connectivity index (χ1) is 11.9. The Bertz CT molecular complexity index is 1130. The molecule has 0 bridgehead atoms. The molecule has 3 aromatic rings. The molecule has 0 radical (unpaired) electrons. The van der Waals surface area contributed by atoms with E-state index in [0.717, 1.165) is 25.5 Å². The van der Waals surface area contributed by atoms with E-state index in [0.29, 0.717) is 0 Å². The Morgan fingerprint density at radius 1 is 0.960 bits per heavy atom. The maximum Gasteiger partial charge on any atom is 0.357 e. The summed E-state index contributed by atoms with van der Waals surface area (Å²) < 4.78 is 1.83. The first-order valence-corrected chi connectivity index (χ1v) is 7.52. The molecule has 0 saturated carbocycles. The average Bonchev–Trinajstić information content (AvgIpc) is 2.61. The molecule has 0 N–H and O–H groups in total. The highest BCUT2D eigenvalue weighted by atomic mass is 16.6. The van der Waals surface area contributed by atoms with Crippen LogP contribution >= 0.6 is 0 Å². The first kappa shape index (κ1) is 16.4. The SMILES string of the molecule is Cn1c(/C=C/c2cccc3ccccc23)c([N+](=O)[O-])c(=O)n(C)c1=O. The summed E-state index contributed by atoms with van der Waals surface area (Å²) in [4.78, 5) is 34.7.